The first kappa shape index (κ1) is 16.2. The van der Waals surface area contributed by atoms with Crippen molar-refractivity contribution in [2.45, 2.75) is 31.9 Å². The van der Waals surface area contributed by atoms with E-state index in [2.05, 4.69) is 34.1 Å². The minimum Gasteiger partial charge on any atom is -0.393 e. The predicted octanol–water partition coefficient (Wildman–Crippen LogP) is 2.96. The summed E-state index contributed by atoms with van der Waals surface area (Å²) in [5, 5.41) is 19.5. The van der Waals surface area contributed by atoms with Crippen LogP contribution in [0.2, 0.25) is 0 Å². The van der Waals surface area contributed by atoms with Crippen molar-refractivity contribution in [2.24, 2.45) is 5.16 Å². The molecule has 0 radical (unpaired) electrons. The van der Waals surface area contributed by atoms with Crippen molar-refractivity contribution in [2.75, 3.05) is 13.2 Å². The van der Waals surface area contributed by atoms with Crippen LogP contribution in [0.4, 0.5) is 0 Å². The molecule has 2 N–H and O–H groups in total. The molecule has 1 aromatic heterocycles. The van der Waals surface area contributed by atoms with Crippen LogP contribution in [0.3, 0.4) is 0 Å². The highest BCUT2D eigenvalue weighted by Gasteiger charge is 2.17. The van der Waals surface area contributed by atoms with Gasteiger partial charge in [-0.1, -0.05) is 35.5 Å². The Labute approximate surface area is 140 Å². The molecule has 2 aromatic rings. The van der Waals surface area contributed by atoms with E-state index < -0.39 is 6.10 Å². The van der Waals surface area contributed by atoms with Gasteiger partial charge >= 0.3 is 0 Å². The zero-order chi connectivity index (χ0) is 15.9. The van der Waals surface area contributed by atoms with Gasteiger partial charge in [-0.15, -0.1) is 11.3 Å². The van der Waals surface area contributed by atoms with Gasteiger partial charge in [-0.3, -0.25) is 0 Å². The van der Waals surface area contributed by atoms with Gasteiger partial charge in [0.2, 0.25) is 0 Å². The molecule has 4 nitrogen and oxygen atoms in total. The van der Waals surface area contributed by atoms with Gasteiger partial charge in [0.15, 0.2) is 0 Å². The third-order valence-corrected chi connectivity index (χ3v) is 4.85. The molecule has 1 aliphatic carbocycles. The second-order valence-electron chi connectivity index (χ2n) is 5.72. The summed E-state index contributed by atoms with van der Waals surface area (Å²) in [6.45, 7) is 1.44. The molecule has 0 saturated carbocycles. The zero-order valence-electron chi connectivity index (χ0n) is 13.1. The maximum absolute atomic E-state index is 9.96. The van der Waals surface area contributed by atoms with Crippen molar-refractivity contribution >= 4 is 17.0 Å². The molecule has 0 aliphatic heterocycles. The standard InChI is InChI=1S/C18H22N2O2S/c21-15(12-19-11-14-5-2-1-3-6-14)13-22-20-17-7-4-8-18-16(17)9-10-23-18/h1-3,5-6,9-10,15,19,21H,4,7-8,11-13H2/b20-17+. The van der Waals surface area contributed by atoms with Gasteiger partial charge in [-0.2, -0.15) is 0 Å². The lowest BCUT2D eigenvalue weighted by molar-refractivity contribution is 0.0400. The highest BCUT2D eigenvalue weighted by molar-refractivity contribution is 7.10. The first-order valence-electron chi connectivity index (χ1n) is 8.01. The fraction of sp³-hybridized carbons (Fsp3) is 0.389. The number of hydrogen-bond donors (Lipinski definition) is 2. The van der Waals surface area contributed by atoms with Crippen molar-refractivity contribution in [3.05, 3.63) is 57.8 Å². The van der Waals surface area contributed by atoms with E-state index in [1.165, 1.54) is 16.0 Å². The van der Waals surface area contributed by atoms with Crippen LogP contribution in [0.1, 0.15) is 28.8 Å². The van der Waals surface area contributed by atoms with Crippen LogP contribution in [-0.2, 0) is 17.8 Å². The molecule has 0 fully saturated rings. The van der Waals surface area contributed by atoms with Crippen LogP contribution < -0.4 is 5.32 Å². The topological polar surface area (TPSA) is 53.8 Å². The number of oxime groups is 1. The number of benzene rings is 1. The van der Waals surface area contributed by atoms with Crippen LogP contribution >= 0.6 is 11.3 Å². The number of aryl methyl sites for hydroxylation is 1. The third-order valence-electron chi connectivity index (χ3n) is 3.87. The molecule has 5 heteroatoms. The minimum atomic E-state index is -0.561. The Kier molecular flexibility index (Phi) is 5.80. The van der Waals surface area contributed by atoms with Crippen LogP contribution in [0, 0.1) is 0 Å². The smallest absolute Gasteiger partial charge is 0.144 e. The first-order valence-corrected chi connectivity index (χ1v) is 8.89. The minimum absolute atomic E-state index is 0.213. The highest BCUT2D eigenvalue weighted by Crippen LogP contribution is 2.26. The summed E-state index contributed by atoms with van der Waals surface area (Å²) < 4.78 is 0. The third kappa shape index (κ3) is 4.64. The average Bonchev–Trinajstić information content (AvgIpc) is 3.05. The van der Waals surface area contributed by atoms with Crippen molar-refractivity contribution < 1.29 is 9.94 Å². The normalized spacial score (nSPS) is 17.0. The maximum Gasteiger partial charge on any atom is 0.144 e. The Bertz CT molecular complexity index is 639. The summed E-state index contributed by atoms with van der Waals surface area (Å²) in [4.78, 5) is 6.76. The van der Waals surface area contributed by atoms with Gasteiger partial charge in [0.25, 0.3) is 0 Å². The number of thiophene rings is 1. The van der Waals surface area contributed by atoms with E-state index in [1.54, 1.807) is 11.3 Å². The molecule has 122 valence electrons. The molecule has 0 amide bonds. The largest absolute Gasteiger partial charge is 0.393 e. The fourth-order valence-electron chi connectivity index (χ4n) is 2.68. The molecule has 0 spiro atoms. The van der Waals surface area contributed by atoms with Crippen LogP contribution in [0.5, 0.6) is 0 Å². The summed E-state index contributed by atoms with van der Waals surface area (Å²) in [6, 6.07) is 12.2. The van der Waals surface area contributed by atoms with E-state index in [4.69, 9.17) is 4.84 Å². The van der Waals surface area contributed by atoms with E-state index in [-0.39, 0.29) is 6.61 Å². The Morgan fingerprint density at radius 1 is 1.22 bits per heavy atom. The maximum atomic E-state index is 9.96. The highest BCUT2D eigenvalue weighted by atomic mass is 32.1. The van der Waals surface area contributed by atoms with E-state index >= 15 is 0 Å². The number of hydrogen-bond acceptors (Lipinski definition) is 5. The summed E-state index contributed by atoms with van der Waals surface area (Å²) in [5.41, 5.74) is 3.43. The number of fused-ring (bicyclic) bond motifs is 1. The number of aliphatic hydroxyl groups excluding tert-OH is 1. The summed E-state index contributed by atoms with van der Waals surface area (Å²) in [7, 11) is 0. The Hall–Kier alpha value is -1.69. The van der Waals surface area contributed by atoms with E-state index in [0.717, 1.165) is 31.5 Å². The van der Waals surface area contributed by atoms with E-state index in [1.807, 2.05) is 18.2 Å². The quantitative estimate of drug-likeness (QED) is 0.768. The molecule has 0 saturated heterocycles. The van der Waals surface area contributed by atoms with Crippen molar-refractivity contribution in [3.63, 3.8) is 0 Å². The molecule has 0 bridgehead atoms. The first-order chi connectivity index (χ1) is 11.3. The molecule has 1 atom stereocenters. The van der Waals surface area contributed by atoms with Gasteiger partial charge in [0, 0.05) is 23.5 Å². The number of nitrogens with zero attached hydrogens (tertiary/aromatic N) is 1. The lowest BCUT2D eigenvalue weighted by atomic mass is 9.97. The van der Waals surface area contributed by atoms with Gasteiger partial charge < -0.3 is 15.3 Å². The molecule has 3 rings (SSSR count). The van der Waals surface area contributed by atoms with Gasteiger partial charge in [0.1, 0.15) is 12.7 Å². The Balaban J connectivity index is 1.40. The van der Waals surface area contributed by atoms with Gasteiger partial charge in [-0.25, -0.2) is 0 Å². The SMILES string of the molecule is OC(CNCc1ccccc1)CO/N=C1\CCCc2sccc21. The molecule has 1 heterocycles. The van der Waals surface area contributed by atoms with E-state index in [9.17, 15) is 5.11 Å². The van der Waals surface area contributed by atoms with Gasteiger partial charge in [-0.05, 0) is 36.3 Å². The zero-order valence-corrected chi connectivity index (χ0v) is 13.9. The number of nitrogens with one attached hydrogen (secondary N) is 1. The molecular weight excluding hydrogens is 308 g/mol. The average molecular weight is 330 g/mol. The lowest BCUT2D eigenvalue weighted by Crippen LogP contribution is -2.29. The number of aliphatic hydroxyl groups is 1. The Morgan fingerprint density at radius 3 is 2.96 bits per heavy atom. The van der Waals surface area contributed by atoms with E-state index in [0.29, 0.717) is 6.54 Å². The summed E-state index contributed by atoms with van der Waals surface area (Å²) in [6.07, 6.45) is 2.65. The Morgan fingerprint density at radius 2 is 2.09 bits per heavy atom. The summed E-state index contributed by atoms with van der Waals surface area (Å²) >= 11 is 1.78. The number of rotatable bonds is 7. The van der Waals surface area contributed by atoms with Crippen molar-refractivity contribution in [3.8, 4) is 0 Å². The van der Waals surface area contributed by atoms with Gasteiger partial charge in [0.05, 0.1) is 5.71 Å². The monoisotopic (exact) mass is 330 g/mol. The second kappa shape index (κ2) is 8.24. The van der Waals surface area contributed by atoms with Crippen LogP contribution in [0.15, 0.2) is 46.9 Å². The molecule has 1 unspecified atom stereocenters. The molecular formula is C18H22N2O2S. The molecule has 1 aliphatic rings. The predicted molar refractivity (Wildman–Crippen MR) is 93.9 cm³/mol. The van der Waals surface area contributed by atoms with Crippen LogP contribution in [0.25, 0.3) is 0 Å². The lowest BCUT2D eigenvalue weighted by Gasteiger charge is -2.14. The second-order valence-corrected chi connectivity index (χ2v) is 6.72. The van der Waals surface area contributed by atoms with Crippen LogP contribution in [-0.4, -0.2) is 30.1 Å². The summed E-state index contributed by atoms with van der Waals surface area (Å²) in [5.74, 6) is 0. The molecule has 1 aromatic carbocycles. The molecule has 23 heavy (non-hydrogen) atoms. The van der Waals surface area contributed by atoms with Crippen molar-refractivity contribution in [1.29, 1.82) is 0 Å². The fourth-order valence-corrected chi connectivity index (χ4v) is 3.62. The van der Waals surface area contributed by atoms with Crippen molar-refractivity contribution in [1.82, 2.24) is 5.32 Å².